The van der Waals surface area contributed by atoms with Gasteiger partial charge in [-0.2, -0.15) is 0 Å². The summed E-state index contributed by atoms with van der Waals surface area (Å²) >= 11 is 0. The summed E-state index contributed by atoms with van der Waals surface area (Å²) in [6.45, 7) is 9.24. The van der Waals surface area contributed by atoms with Gasteiger partial charge >= 0.3 is 0 Å². The first kappa shape index (κ1) is 51.2. The van der Waals surface area contributed by atoms with Crippen molar-refractivity contribution in [3.8, 4) is 0 Å². The van der Waals surface area contributed by atoms with Crippen molar-refractivity contribution in [2.45, 2.75) is 257 Å². The summed E-state index contributed by atoms with van der Waals surface area (Å²) in [5.74, 6) is 0.328. The molecule has 1 rings (SSSR count). The van der Waals surface area contributed by atoms with Crippen molar-refractivity contribution in [3.05, 3.63) is 0 Å². The van der Waals surface area contributed by atoms with Crippen molar-refractivity contribution in [2.24, 2.45) is 11.8 Å². The highest BCUT2D eigenvalue weighted by molar-refractivity contribution is 5.79. The van der Waals surface area contributed by atoms with E-state index in [1.807, 2.05) is 4.90 Å². The largest absolute Gasteiger partial charge is 0.394 e. The highest BCUT2D eigenvalue weighted by Crippen LogP contribution is 2.29. The number of hydrogen-bond donors (Lipinski definition) is 5. The quantitative estimate of drug-likeness (QED) is 0.0398. The monoisotopic (exact) mass is 770 g/mol. The number of aliphatic hydroxyl groups excluding tert-OH is 5. The Bertz CT molecular complexity index is 844. The van der Waals surface area contributed by atoms with Gasteiger partial charge in [0.2, 0.25) is 5.91 Å². The Morgan fingerprint density at radius 1 is 0.556 bits per heavy atom. The SMILES string of the molecule is CCCCCCCCCCCCCC(C)C(CCCCCCCCCCCC)C(=O)N(CCCCCCCC)CC(O)CC1O[C@H](CO)[C@@H](O)[C@H](O)[C@H]1O. The molecule has 0 aromatic rings. The lowest BCUT2D eigenvalue weighted by atomic mass is 9.83. The molecule has 1 amide bonds. The number of rotatable bonds is 37. The fourth-order valence-corrected chi connectivity index (χ4v) is 8.41. The average molecular weight is 770 g/mol. The van der Waals surface area contributed by atoms with Crippen molar-refractivity contribution >= 4 is 5.91 Å². The van der Waals surface area contributed by atoms with E-state index < -0.39 is 43.2 Å². The van der Waals surface area contributed by atoms with Gasteiger partial charge in [0.25, 0.3) is 0 Å². The topological polar surface area (TPSA) is 131 Å². The lowest BCUT2D eigenvalue weighted by molar-refractivity contribution is -0.234. The number of ether oxygens (including phenoxy) is 1. The lowest BCUT2D eigenvalue weighted by Crippen LogP contribution is -2.59. The molecule has 0 aromatic carbocycles. The van der Waals surface area contributed by atoms with Gasteiger partial charge in [0.1, 0.15) is 24.4 Å². The molecule has 54 heavy (non-hydrogen) atoms. The van der Waals surface area contributed by atoms with Gasteiger partial charge in [-0.15, -0.1) is 0 Å². The third kappa shape index (κ3) is 23.5. The van der Waals surface area contributed by atoms with Crippen LogP contribution in [0.25, 0.3) is 0 Å². The Hall–Kier alpha value is -0.770. The summed E-state index contributed by atoms with van der Waals surface area (Å²) in [5, 5.41) is 52.2. The molecule has 0 radical (unpaired) electrons. The zero-order valence-corrected chi connectivity index (χ0v) is 36.0. The molecule has 0 bridgehead atoms. The van der Waals surface area contributed by atoms with Crippen LogP contribution in [0.15, 0.2) is 0 Å². The molecule has 322 valence electrons. The van der Waals surface area contributed by atoms with Crippen LogP contribution in [0.4, 0.5) is 0 Å². The first-order valence-corrected chi connectivity index (χ1v) is 23.5. The minimum Gasteiger partial charge on any atom is -0.394 e. The second-order valence-corrected chi connectivity index (χ2v) is 17.2. The van der Waals surface area contributed by atoms with E-state index in [0.717, 1.165) is 51.4 Å². The molecule has 0 aliphatic carbocycles. The predicted octanol–water partition coefficient (Wildman–Crippen LogP) is 10.0. The molecular formula is C46H91NO7. The van der Waals surface area contributed by atoms with E-state index in [4.69, 9.17) is 4.74 Å². The van der Waals surface area contributed by atoms with Crippen LogP contribution in [0.2, 0.25) is 0 Å². The molecule has 1 fully saturated rings. The van der Waals surface area contributed by atoms with E-state index in [0.29, 0.717) is 6.54 Å². The van der Waals surface area contributed by atoms with Crippen LogP contribution in [0, 0.1) is 11.8 Å². The maximum absolute atomic E-state index is 14.6. The van der Waals surface area contributed by atoms with E-state index in [1.54, 1.807) is 0 Å². The number of hydrogen-bond acceptors (Lipinski definition) is 7. The van der Waals surface area contributed by atoms with Gasteiger partial charge in [0, 0.05) is 25.4 Å². The van der Waals surface area contributed by atoms with Gasteiger partial charge in [0.15, 0.2) is 0 Å². The standard InChI is InChI=1S/C46H91NO7/c1-5-8-11-14-17-19-21-22-24-26-29-32-38(4)40(33-30-27-25-23-20-18-15-12-9-6-2)46(53)47(34-31-28-16-13-10-7-3)36-39(49)35-41-43(50)45(52)44(51)42(37-48)54-41/h38-45,48-52H,5-37H2,1-4H3/t38?,39?,40?,41?,42-,43+,44-,45-/m1/s1. The van der Waals surface area contributed by atoms with Crippen LogP contribution >= 0.6 is 0 Å². The molecule has 8 nitrogen and oxygen atoms in total. The Kier molecular flexibility index (Phi) is 32.5. The minimum atomic E-state index is -1.48. The van der Waals surface area contributed by atoms with E-state index in [1.165, 1.54) is 135 Å². The maximum Gasteiger partial charge on any atom is 0.226 e. The van der Waals surface area contributed by atoms with Gasteiger partial charge < -0.3 is 35.2 Å². The second kappa shape index (κ2) is 34.3. The Morgan fingerprint density at radius 3 is 1.39 bits per heavy atom. The van der Waals surface area contributed by atoms with E-state index in [-0.39, 0.29) is 30.7 Å². The molecule has 1 aliphatic rings. The van der Waals surface area contributed by atoms with Crippen molar-refractivity contribution in [2.75, 3.05) is 19.7 Å². The van der Waals surface area contributed by atoms with Crippen LogP contribution in [-0.4, -0.2) is 92.7 Å². The molecule has 8 atom stereocenters. The van der Waals surface area contributed by atoms with Gasteiger partial charge in [-0.3, -0.25) is 4.79 Å². The van der Waals surface area contributed by atoms with Gasteiger partial charge in [-0.05, 0) is 25.2 Å². The predicted molar refractivity (Wildman–Crippen MR) is 225 cm³/mol. The number of nitrogens with zero attached hydrogens (tertiary/aromatic N) is 1. The second-order valence-electron chi connectivity index (χ2n) is 17.2. The number of unbranched alkanes of at least 4 members (excludes halogenated alkanes) is 24. The number of amides is 1. The zero-order valence-electron chi connectivity index (χ0n) is 36.0. The third-order valence-electron chi connectivity index (χ3n) is 12.2. The summed E-state index contributed by atoms with van der Waals surface area (Å²) in [7, 11) is 0. The zero-order chi connectivity index (χ0) is 39.8. The van der Waals surface area contributed by atoms with Crippen LogP contribution in [-0.2, 0) is 9.53 Å². The molecule has 1 heterocycles. The van der Waals surface area contributed by atoms with Crippen molar-refractivity contribution in [1.29, 1.82) is 0 Å². The number of carbonyl (C=O) groups excluding carboxylic acids is 1. The summed E-state index contributed by atoms with van der Waals surface area (Å²) in [6.07, 6.45) is 28.4. The molecule has 0 saturated carbocycles. The highest BCUT2D eigenvalue weighted by Gasteiger charge is 2.44. The Balaban J connectivity index is 2.88. The van der Waals surface area contributed by atoms with Crippen molar-refractivity contribution < 1.29 is 35.1 Å². The van der Waals surface area contributed by atoms with Crippen LogP contribution < -0.4 is 0 Å². The molecule has 8 heteroatoms. The molecule has 1 aliphatic heterocycles. The minimum absolute atomic E-state index is 0.000862. The molecular weight excluding hydrogens is 679 g/mol. The molecule has 5 N–H and O–H groups in total. The molecule has 0 spiro atoms. The average Bonchev–Trinajstić information content (AvgIpc) is 3.16. The highest BCUT2D eigenvalue weighted by atomic mass is 16.5. The maximum atomic E-state index is 14.6. The summed E-state index contributed by atoms with van der Waals surface area (Å²) in [5.41, 5.74) is 0. The van der Waals surface area contributed by atoms with Crippen LogP contribution in [0.5, 0.6) is 0 Å². The number of carbonyl (C=O) groups is 1. The first-order chi connectivity index (χ1) is 26.2. The normalized spacial score (nSPS) is 22.0. The lowest BCUT2D eigenvalue weighted by Gasteiger charge is -2.41. The van der Waals surface area contributed by atoms with Crippen molar-refractivity contribution in [3.63, 3.8) is 0 Å². The van der Waals surface area contributed by atoms with Crippen LogP contribution in [0.1, 0.15) is 220 Å². The molecule has 0 aromatic heterocycles. The first-order valence-electron chi connectivity index (χ1n) is 23.5. The third-order valence-corrected chi connectivity index (χ3v) is 12.2. The Morgan fingerprint density at radius 2 is 0.944 bits per heavy atom. The van der Waals surface area contributed by atoms with Gasteiger partial charge in [-0.1, -0.05) is 195 Å². The molecule has 4 unspecified atom stereocenters. The summed E-state index contributed by atoms with van der Waals surface area (Å²) in [4.78, 5) is 16.4. The number of aliphatic hydroxyl groups is 5. The van der Waals surface area contributed by atoms with E-state index >= 15 is 0 Å². The van der Waals surface area contributed by atoms with E-state index in [9.17, 15) is 30.3 Å². The van der Waals surface area contributed by atoms with Crippen molar-refractivity contribution in [1.82, 2.24) is 4.90 Å². The molecule has 1 saturated heterocycles. The fraction of sp³-hybridized carbons (Fsp3) is 0.978. The van der Waals surface area contributed by atoms with Crippen LogP contribution in [0.3, 0.4) is 0 Å². The fourth-order valence-electron chi connectivity index (χ4n) is 8.41. The summed E-state index contributed by atoms with van der Waals surface area (Å²) < 4.78 is 5.71. The van der Waals surface area contributed by atoms with Gasteiger partial charge in [-0.25, -0.2) is 0 Å². The van der Waals surface area contributed by atoms with Gasteiger partial charge in [0.05, 0.1) is 18.8 Å². The Labute approximate surface area is 333 Å². The summed E-state index contributed by atoms with van der Waals surface area (Å²) in [6, 6.07) is 0. The van der Waals surface area contributed by atoms with E-state index in [2.05, 4.69) is 27.7 Å². The smallest absolute Gasteiger partial charge is 0.226 e.